The zero-order valence-corrected chi connectivity index (χ0v) is 16.6. The Labute approximate surface area is 166 Å². The van der Waals surface area contributed by atoms with Crippen molar-refractivity contribution in [2.24, 2.45) is 0 Å². The van der Waals surface area contributed by atoms with E-state index in [2.05, 4.69) is 10.2 Å². The van der Waals surface area contributed by atoms with E-state index >= 15 is 0 Å². The van der Waals surface area contributed by atoms with E-state index in [1.54, 1.807) is 7.11 Å². The first-order chi connectivity index (χ1) is 13.5. The summed E-state index contributed by atoms with van der Waals surface area (Å²) in [5.41, 5.74) is 4.29. The summed E-state index contributed by atoms with van der Waals surface area (Å²) < 4.78 is 5.22. The maximum absolute atomic E-state index is 13.3. The molecule has 1 aliphatic heterocycles. The highest BCUT2D eigenvalue weighted by atomic mass is 16.5. The predicted octanol–water partition coefficient (Wildman–Crippen LogP) is 3.33. The number of fused-ring (bicyclic) bond motifs is 1. The van der Waals surface area contributed by atoms with Crippen LogP contribution >= 0.6 is 0 Å². The van der Waals surface area contributed by atoms with E-state index in [0.717, 1.165) is 28.9 Å². The van der Waals surface area contributed by atoms with E-state index < -0.39 is 6.04 Å². The molecule has 1 heterocycles. The van der Waals surface area contributed by atoms with Crippen molar-refractivity contribution in [2.45, 2.75) is 26.4 Å². The maximum Gasteiger partial charge on any atom is 0.254 e. The van der Waals surface area contributed by atoms with E-state index in [9.17, 15) is 9.59 Å². The van der Waals surface area contributed by atoms with E-state index in [-0.39, 0.29) is 11.7 Å². The Bertz CT molecular complexity index is 890. The fourth-order valence-corrected chi connectivity index (χ4v) is 3.58. The van der Waals surface area contributed by atoms with Gasteiger partial charge in [0.25, 0.3) is 5.91 Å². The molecule has 0 unspecified atom stereocenters. The number of amides is 1. The Balaban J connectivity index is 1.95. The highest BCUT2D eigenvalue weighted by Gasteiger charge is 2.29. The van der Waals surface area contributed by atoms with Crippen LogP contribution in [-0.2, 0) is 20.9 Å². The summed E-state index contributed by atoms with van der Waals surface area (Å²) in [6, 6.07) is 16.6. The Kier molecular flexibility index (Phi) is 6.26. The Morgan fingerprint density at radius 2 is 1.79 bits per heavy atom. The van der Waals surface area contributed by atoms with Crippen molar-refractivity contribution in [2.75, 3.05) is 20.3 Å². The van der Waals surface area contributed by atoms with Crippen molar-refractivity contribution in [3.63, 3.8) is 0 Å². The molecular formula is C23H26N2O3. The minimum absolute atomic E-state index is 0.0989. The van der Waals surface area contributed by atoms with Crippen LogP contribution in [0.15, 0.2) is 60.3 Å². The third kappa shape index (κ3) is 4.15. The lowest BCUT2D eigenvalue weighted by molar-refractivity contribution is -0.124. The van der Waals surface area contributed by atoms with Gasteiger partial charge in [-0.25, -0.2) is 0 Å². The number of carbonyl (C=O) groups excluding carboxylic acids is 2. The summed E-state index contributed by atoms with van der Waals surface area (Å²) in [7, 11) is 1.67. The van der Waals surface area contributed by atoms with E-state index in [1.807, 2.05) is 61.5 Å². The number of Topliss-reactive ketones (excluding diaryl/α,β-unsaturated/α-hetero) is 1. The maximum atomic E-state index is 13.3. The molecule has 3 rings (SSSR count). The Hall–Kier alpha value is -2.92. The molecule has 5 nitrogen and oxygen atoms in total. The highest BCUT2D eigenvalue weighted by Crippen LogP contribution is 2.32. The monoisotopic (exact) mass is 378 g/mol. The normalized spacial score (nSPS) is 14.5. The molecule has 1 N–H and O–H groups in total. The lowest BCUT2D eigenvalue weighted by Crippen LogP contribution is -2.37. The van der Waals surface area contributed by atoms with Crippen LogP contribution in [0.2, 0.25) is 0 Å². The van der Waals surface area contributed by atoms with Crippen molar-refractivity contribution in [3.8, 4) is 0 Å². The van der Waals surface area contributed by atoms with Crippen LogP contribution in [0.25, 0.3) is 5.57 Å². The number of nitrogens with zero attached hydrogens (tertiary/aromatic N) is 1. The molecule has 1 amide bonds. The second-order valence-corrected chi connectivity index (χ2v) is 6.96. The van der Waals surface area contributed by atoms with Crippen molar-refractivity contribution in [1.29, 1.82) is 0 Å². The molecule has 2 aromatic rings. The number of methoxy groups -OCH3 is 1. The summed E-state index contributed by atoms with van der Waals surface area (Å²) >= 11 is 0. The van der Waals surface area contributed by atoms with Crippen molar-refractivity contribution in [3.05, 3.63) is 77.0 Å². The number of hydrogen-bond donors (Lipinski definition) is 1. The molecule has 0 saturated heterocycles. The van der Waals surface area contributed by atoms with Crippen LogP contribution in [0, 0.1) is 0 Å². The van der Waals surface area contributed by atoms with E-state index in [4.69, 9.17) is 4.74 Å². The van der Waals surface area contributed by atoms with Crippen molar-refractivity contribution < 1.29 is 14.3 Å². The number of carbonyl (C=O) groups is 2. The van der Waals surface area contributed by atoms with Gasteiger partial charge in [0.15, 0.2) is 5.78 Å². The first kappa shape index (κ1) is 19.8. The van der Waals surface area contributed by atoms with Gasteiger partial charge in [-0.15, -0.1) is 0 Å². The molecule has 1 atom stereocenters. The number of allylic oxidation sites excluding steroid dienone is 1. The number of ether oxygens (including phenoxy) is 1. The minimum atomic E-state index is -0.671. The van der Waals surface area contributed by atoms with E-state index in [1.165, 1.54) is 6.92 Å². The van der Waals surface area contributed by atoms with Gasteiger partial charge in [0.05, 0.1) is 12.2 Å². The SMILES string of the molecule is COCCN1Cc2ccccc2C(C(=O)N[C@H](C(C)=O)c2ccccc2)=C1C. The molecule has 0 fully saturated rings. The minimum Gasteiger partial charge on any atom is -0.383 e. The van der Waals surface area contributed by atoms with Crippen LogP contribution in [-0.4, -0.2) is 36.9 Å². The third-order valence-electron chi connectivity index (χ3n) is 5.09. The molecule has 5 heteroatoms. The number of hydrogen-bond acceptors (Lipinski definition) is 4. The molecule has 0 bridgehead atoms. The lowest BCUT2D eigenvalue weighted by atomic mass is 9.92. The first-order valence-corrected chi connectivity index (χ1v) is 9.42. The number of benzene rings is 2. The second-order valence-electron chi connectivity index (χ2n) is 6.96. The van der Waals surface area contributed by atoms with Gasteiger partial charge in [0.2, 0.25) is 0 Å². The van der Waals surface area contributed by atoms with Gasteiger partial charge in [-0.05, 0) is 30.5 Å². The van der Waals surface area contributed by atoms with Crippen LogP contribution in [0.1, 0.15) is 36.6 Å². The average Bonchev–Trinajstić information content (AvgIpc) is 2.70. The van der Waals surface area contributed by atoms with Gasteiger partial charge < -0.3 is 15.0 Å². The standard InChI is InChI=1S/C23H26N2O3/c1-16-21(20-12-8-7-11-19(20)15-25(16)13-14-28-3)23(27)24-22(17(2)26)18-9-5-4-6-10-18/h4-12,22H,13-15H2,1-3H3,(H,24,27)/t22-/m1/s1. The van der Waals surface area contributed by atoms with Crippen LogP contribution in [0.5, 0.6) is 0 Å². The summed E-state index contributed by atoms with van der Waals surface area (Å²) in [6.07, 6.45) is 0. The third-order valence-corrected chi connectivity index (χ3v) is 5.09. The molecule has 0 aromatic heterocycles. The quantitative estimate of drug-likeness (QED) is 0.803. The molecule has 146 valence electrons. The predicted molar refractivity (Wildman–Crippen MR) is 109 cm³/mol. The molecule has 0 saturated carbocycles. The second kappa shape index (κ2) is 8.85. The van der Waals surface area contributed by atoms with Crippen molar-refractivity contribution in [1.82, 2.24) is 10.2 Å². The first-order valence-electron chi connectivity index (χ1n) is 9.42. The molecule has 0 radical (unpaired) electrons. The van der Waals surface area contributed by atoms with Gasteiger partial charge >= 0.3 is 0 Å². The smallest absolute Gasteiger partial charge is 0.254 e. The average molecular weight is 378 g/mol. The van der Waals surface area contributed by atoms with Gasteiger partial charge in [-0.3, -0.25) is 9.59 Å². The summed E-state index contributed by atoms with van der Waals surface area (Å²) in [5.74, 6) is -0.339. The van der Waals surface area contributed by atoms with Gasteiger partial charge in [0, 0.05) is 25.9 Å². The fraction of sp³-hybridized carbons (Fsp3) is 0.304. The topological polar surface area (TPSA) is 58.6 Å². The Morgan fingerprint density at radius 1 is 1.11 bits per heavy atom. The van der Waals surface area contributed by atoms with E-state index in [0.29, 0.717) is 18.7 Å². The van der Waals surface area contributed by atoms with Crippen LogP contribution in [0.4, 0.5) is 0 Å². The van der Waals surface area contributed by atoms with Crippen LogP contribution < -0.4 is 5.32 Å². The van der Waals surface area contributed by atoms with Crippen molar-refractivity contribution >= 4 is 17.3 Å². The summed E-state index contributed by atoms with van der Waals surface area (Å²) in [6.45, 7) is 5.46. The molecule has 1 aliphatic rings. The molecule has 2 aromatic carbocycles. The lowest BCUT2D eigenvalue weighted by Gasteiger charge is -2.33. The van der Waals surface area contributed by atoms with Gasteiger partial charge in [-0.1, -0.05) is 54.6 Å². The zero-order chi connectivity index (χ0) is 20.1. The largest absolute Gasteiger partial charge is 0.383 e. The van der Waals surface area contributed by atoms with Gasteiger partial charge in [-0.2, -0.15) is 0 Å². The zero-order valence-electron chi connectivity index (χ0n) is 16.6. The molecule has 28 heavy (non-hydrogen) atoms. The highest BCUT2D eigenvalue weighted by molar-refractivity contribution is 6.21. The Morgan fingerprint density at radius 3 is 2.46 bits per heavy atom. The molecular weight excluding hydrogens is 352 g/mol. The molecule has 0 aliphatic carbocycles. The summed E-state index contributed by atoms with van der Waals surface area (Å²) in [5, 5.41) is 2.95. The fourth-order valence-electron chi connectivity index (χ4n) is 3.58. The molecule has 0 spiro atoms. The summed E-state index contributed by atoms with van der Waals surface area (Å²) in [4.78, 5) is 27.7. The number of nitrogens with one attached hydrogen (secondary N) is 1. The number of rotatable bonds is 7. The number of ketones is 1. The van der Waals surface area contributed by atoms with Gasteiger partial charge in [0.1, 0.15) is 6.04 Å². The van der Waals surface area contributed by atoms with Crippen LogP contribution in [0.3, 0.4) is 0 Å².